The van der Waals surface area contributed by atoms with Crippen molar-refractivity contribution in [1.82, 2.24) is 10.2 Å². The van der Waals surface area contributed by atoms with E-state index < -0.39 is 0 Å². The predicted molar refractivity (Wildman–Crippen MR) is 98.1 cm³/mol. The van der Waals surface area contributed by atoms with E-state index in [4.69, 9.17) is 10.00 Å². The quantitative estimate of drug-likeness (QED) is 0.922. The van der Waals surface area contributed by atoms with Crippen LogP contribution in [0.25, 0.3) is 0 Å². The smallest absolute Gasteiger partial charge is 0.251 e. The topological polar surface area (TPSA) is 65.4 Å². The lowest BCUT2D eigenvalue weighted by Gasteiger charge is -2.30. The van der Waals surface area contributed by atoms with Crippen molar-refractivity contribution in [3.05, 3.63) is 59.7 Å². The highest BCUT2D eigenvalue weighted by atomic mass is 16.5. The average Bonchev–Trinajstić information content (AvgIpc) is 3.01. The molecule has 2 aromatic carbocycles. The monoisotopic (exact) mass is 347 g/mol. The second-order valence-corrected chi connectivity index (χ2v) is 7.08. The first kappa shape index (κ1) is 16.6. The molecule has 0 radical (unpaired) electrons. The van der Waals surface area contributed by atoms with Crippen LogP contribution in [0.4, 0.5) is 0 Å². The molecule has 1 amide bonds. The molecule has 1 unspecified atom stereocenters. The summed E-state index contributed by atoms with van der Waals surface area (Å²) in [6.07, 6.45) is 2.34. The van der Waals surface area contributed by atoms with Crippen LogP contribution in [0.15, 0.2) is 48.5 Å². The van der Waals surface area contributed by atoms with E-state index in [1.54, 1.807) is 48.5 Å². The number of nitrogens with one attached hydrogen (secondary N) is 1. The number of carbonyl (C=O) groups excluding carboxylic acids is 1. The molecule has 132 valence electrons. The summed E-state index contributed by atoms with van der Waals surface area (Å²) >= 11 is 0. The van der Waals surface area contributed by atoms with Gasteiger partial charge in [-0.05, 0) is 73.8 Å². The van der Waals surface area contributed by atoms with E-state index in [2.05, 4.69) is 16.3 Å². The summed E-state index contributed by atoms with van der Waals surface area (Å²) in [7, 11) is 0. The van der Waals surface area contributed by atoms with Gasteiger partial charge in [0.25, 0.3) is 5.91 Å². The van der Waals surface area contributed by atoms with Crippen LogP contribution in [0.2, 0.25) is 0 Å². The standard InChI is InChI=1S/C21H21N3O2/c22-12-15-1-5-19(6-2-15)26-20-7-3-17(4-8-20)21(25)23-18-11-16-9-10-24(13-16)14-18/h1-8,16,18H,9-11,13-14H2,(H,23,25)/t16-,18-/m1/s1. The lowest BCUT2D eigenvalue weighted by molar-refractivity contribution is 0.0909. The fourth-order valence-electron chi connectivity index (χ4n) is 3.84. The number of nitrogens with zero attached hydrogens (tertiary/aromatic N) is 2. The summed E-state index contributed by atoms with van der Waals surface area (Å²) in [5.41, 5.74) is 1.24. The zero-order valence-electron chi connectivity index (χ0n) is 14.5. The molecule has 4 rings (SSSR count). The van der Waals surface area contributed by atoms with Gasteiger partial charge in [-0.15, -0.1) is 0 Å². The highest BCUT2D eigenvalue weighted by Crippen LogP contribution is 2.27. The fraction of sp³-hybridized carbons (Fsp3) is 0.333. The number of rotatable bonds is 4. The summed E-state index contributed by atoms with van der Waals surface area (Å²) in [6.45, 7) is 3.31. The number of benzene rings is 2. The van der Waals surface area contributed by atoms with Crippen molar-refractivity contribution >= 4 is 5.91 Å². The summed E-state index contributed by atoms with van der Waals surface area (Å²) in [6, 6.07) is 16.4. The van der Waals surface area contributed by atoms with Gasteiger partial charge >= 0.3 is 0 Å². The first-order valence-corrected chi connectivity index (χ1v) is 9.01. The van der Waals surface area contributed by atoms with Gasteiger partial charge in [-0.3, -0.25) is 4.79 Å². The van der Waals surface area contributed by atoms with E-state index in [1.807, 2.05) is 0 Å². The van der Waals surface area contributed by atoms with Gasteiger partial charge in [0.15, 0.2) is 0 Å². The van der Waals surface area contributed by atoms with Crippen LogP contribution < -0.4 is 10.1 Å². The third-order valence-corrected chi connectivity index (χ3v) is 5.14. The van der Waals surface area contributed by atoms with Gasteiger partial charge in [-0.1, -0.05) is 0 Å². The molecule has 2 heterocycles. The number of nitriles is 1. The van der Waals surface area contributed by atoms with Crippen LogP contribution in [0.3, 0.4) is 0 Å². The lowest BCUT2D eigenvalue weighted by Crippen LogP contribution is -2.46. The van der Waals surface area contributed by atoms with E-state index in [1.165, 1.54) is 19.5 Å². The van der Waals surface area contributed by atoms with Crippen LogP contribution in [-0.2, 0) is 0 Å². The number of piperidine rings is 1. The van der Waals surface area contributed by atoms with Crippen molar-refractivity contribution in [2.24, 2.45) is 5.92 Å². The summed E-state index contributed by atoms with van der Waals surface area (Å²) in [4.78, 5) is 14.9. The molecule has 26 heavy (non-hydrogen) atoms. The van der Waals surface area contributed by atoms with Crippen molar-refractivity contribution in [2.75, 3.05) is 19.6 Å². The molecule has 2 aromatic rings. The molecule has 2 aliphatic rings. The third kappa shape index (κ3) is 3.71. The van der Waals surface area contributed by atoms with Crippen molar-refractivity contribution in [3.8, 4) is 17.6 Å². The molecule has 3 atom stereocenters. The van der Waals surface area contributed by atoms with Crippen LogP contribution in [0.5, 0.6) is 11.5 Å². The molecule has 1 N–H and O–H groups in total. The number of ether oxygens (including phenoxy) is 1. The summed E-state index contributed by atoms with van der Waals surface area (Å²) in [5, 5.41) is 12.0. The maximum atomic E-state index is 12.5. The minimum Gasteiger partial charge on any atom is -0.457 e. The number of amides is 1. The van der Waals surface area contributed by atoms with Gasteiger partial charge in [0.2, 0.25) is 0 Å². The van der Waals surface area contributed by atoms with Crippen molar-refractivity contribution in [3.63, 3.8) is 0 Å². The molecule has 2 bridgehead atoms. The molecule has 2 aliphatic heterocycles. The van der Waals surface area contributed by atoms with Gasteiger partial charge in [0, 0.05) is 24.7 Å². The Morgan fingerprint density at radius 3 is 2.42 bits per heavy atom. The van der Waals surface area contributed by atoms with Gasteiger partial charge in [0.1, 0.15) is 11.5 Å². The highest BCUT2D eigenvalue weighted by Gasteiger charge is 2.32. The van der Waals surface area contributed by atoms with Crippen LogP contribution >= 0.6 is 0 Å². The molecule has 0 aliphatic carbocycles. The Balaban J connectivity index is 1.36. The van der Waals surface area contributed by atoms with Crippen LogP contribution in [0.1, 0.15) is 28.8 Å². The Kier molecular flexibility index (Phi) is 4.59. The zero-order chi connectivity index (χ0) is 17.9. The lowest BCUT2D eigenvalue weighted by atomic mass is 9.96. The molecule has 0 spiro atoms. The number of hydrogen-bond acceptors (Lipinski definition) is 4. The first-order chi connectivity index (χ1) is 12.7. The van der Waals surface area contributed by atoms with Crippen molar-refractivity contribution < 1.29 is 9.53 Å². The molecule has 0 saturated carbocycles. The SMILES string of the molecule is N#Cc1ccc(Oc2ccc(C(=O)N[C@@H]3C[C@H]4CCN(C4)C3)cc2)cc1. The Hall–Kier alpha value is -2.84. The minimum absolute atomic E-state index is 0.0255. The fourth-order valence-corrected chi connectivity index (χ4v) is 3.84. The molecule has 2 fully saturated rings. The van der Waals surface area contributed by atoms with Gasteiger partial charge in [0.05, 0.1) is 11.6 Å². The maximum absolute atomic E-state index is 12.5. The van der Waals surface area contributed by atoms with E-state index in [0.29, 0.717) is 22.6 Å². The van der Waals surface area contributed by atoms with E-state index in [0.717, 1.165) is 18.9 Å². The largest absolute Gasteiger partial charge is 0.457 e. The average molecular weight is 347 g/mol. The first-order valence-electron chi connectivity index (χ1n) is 9.01. The van der Waals surface area contributed by atoms with Gasteiger partial charge in [-0.2, -0.15) is 5.26 Å². The molecule has 0 aromatic heterocycles. The Bertz CT molecular complexity index is 812. The molecule has 2 saturated heterocycles. The number of fused-ring (bicyclic) bond motifs is 2. The van der Waals surface area contributed by atoms with Crippen molar-refractivity contribution in [1.29, 1.82) is 5.26 Å². The van der Waals surface area contributed by atoms with E-state index >= 15 is 0 Å². The second kappa shape index (κ2) is 7.19. The highest BCUT2D eigenvalue weighted by molar-refractivity contribution is 5.94. The molecular formula is C21H21N3O2. The number of carbonyl (C=O) groups is 1. The molecule has 5 nitrogen and oxygen atoms in total. The predicted octanol–water partition coefficient (Wildman–Crippen LogP) is 3.17. The molecular weight excluding hydrogens is 326 g/mol. The Morgan fingerprint density at radius 2 is 1.77 bits per heavy atom. The summed E-state index contributed by atoms with van der Waals surface area (Å²) < 4.78 is 5.75. The maximum Gasteiger partial charge on any atom is 0.251 e. The summed E-state index contributed by atoms with van der Waals surface area (Å²) in [5.74, 6) is 2.03. The minimum atomic E-state index is -0.0255. The molecule has 5 heteroatoms. The van der Waals surface area contributed by atoms with Gasteiger partial charge < -0.3 is 15.0 Å². The van der Waals surface area contributed by atoms with Crippen molar-refractivity contribution in [2.45, 2.75) is 18.9 Å². The van der Waals surface area contributed by atoms with E-state index in [-0.39, 0.29) is 11.9 Å². The van der Waals surface area contributed by atoms with Crippen LogP contribution in [0, 0.1) is 17.2 Å². The normalized spacial score (nSPS) is 23.9. The third-order valence-electron chi connectivity index (χ3n) is 5.14. The van der Waals surface area contributed by atoms with Gasteiger partial charge in [-0.25, -0.2) is 0 Å². The van der Waals surface area contributed by atoms with E-state index in [9.17, 15) is 4.79 Å². The second-order valence-electron chi connectivity index (χ2n) is 7.08. The zero-order valence-corrected chi connectivity index (χ0v) is 14.5. The Labute approximate surface area is 153 Å². The Morgan fingerprint density at radius 1 is 1.08 bits per heavy atom. The number of hydrogen-bond donors (Lipinski definition) is 1. The van der Waals surface area contributed by atoms with Crippen LogP contribution in [-0.4, -0.2) is 36.5 Å².